The summed E-state index contributed by atoms with van der Waals surface area (Å²) in [6.07, 6.45) is 1.23. The number of nitrogens with two attached hydrogens (primary N) is 1. The Morgan fingerprint density at radius 2 is 1.67 bits per heavy atom. The molecule has 88 valence electrons. The molecular formula is C11H22N2O2. The fraction of sp³-hybridized carbons (Fsp3) is 0.636. The summed E-state index contributed by atoms with van der Waals surface area (Å²) < 4.78 is 0. The quantitative estimate of drug-likeness (QED) is 0.701. The summed E-state index contributed by atoms with van der Waals surface area (Å²) in [5, 5.41) is 0. The van der Waals surface area contributed by atoms with Gasteiger partial charge in [0.25, 0.3) is 0 Å². The minimum atomic E-state index is -0.335. The van der Waals surface area contributed by atoms with Crippen LogP contribution in [0.4, 0.5) is 0 Å². The van der Waals surface area contributed by atoms with Crippen molar-refractivity contribution in [3.63, 3.8) is 0 Å². The van der Waals surface area contributed by atoms with Gasteiger partial charge in [-0.2, -0.15) is 0 Å². The van der Waals surface area contributed by atoms with Crippen molar-refractivity contribution in [3.8, 4) is 0 Å². The number of hydrogen-bond acceptors (Lipinski definition) is 2. The smallest absolute Gasteiger partial charge is 0.246 e. The monoisotopic (exact) mass is 214 g/mol. The molecule has 4 heteroatoms. The first-order chi connectivity index (χ1) is 7.15. The zero-order chi connectivity index (χ0) is 12.4. The zero-order valence-corrected chi connectivity index (χ0v) is 10.1. The maximum Gasteiger partial charge on any atom is 0.246 e. The van der Waals surface area contributed by atoms with Crippen LogP contribution in [0.3, 0.4) is 0 Å². The van der Waals surface area contributed by atoms with E-state index in [1.54, 1.807) is 0 Å². The zero-order valence-electron chi connectivity index (χ0n) is 10.1. The van der Waals surface area contributed by atoms with Gasteiger partial charge in [0.05, 0.1) is 5.92 Å². The van der Waals surface area contributed by atoms with Crippen LogP contribution in [0.1, 0.15) is 27.7 Å². The summed E-state index contributed by atoms with van der Waals surface area (Å²) in [5.74, 6) is -0.625. The van der Waals surface area contributed by atoms with E-state index in [2.05, 4.69) is 6.58 Å². The lowest BCUT2D eigenvalue weighted by atomic mass is 10.00. The molecular weight excluding hydrogens is 192 g/mol. The second-order valence-electron chi connectivity index (χ2n) is 2.55. The van der Waals surface area contributed by atoms with Crippen molar-refractivity contribution in [3.05, 3.63) is 12.7 Å². The first kappa shape index (κ1) is 16.1. The molecule has 0 bridgehead atoms. The van der Waals surface area contributed by atoms with Gasteiger partial charge in [-0.05, 0) is 6.08 Å². The predicted molar refractivity (Wildman–Crippen MR) is 62.2 cm³/mol. The third-order valence-electron chi connectivity index (χ3n) is 1.77. The maximum atomic E-state index is 10.8. The van der Waals surface area contributed by atoms with E-state index in [9.17, 15) is 9.59 Å². The van der Waals surface area contributed by atoms with E-state index in [1.807, 2.05) is 27.7 Å². The molecule has 0 aromatic carbocycles. The second-order valence-corrected chi connectivity index (χ2v) is 2.55. The molecule has 0 aromatic rings. The van der Waals surface area contributed by atoms with Crippen LogP contribution in [-0.4, -0.2) is 29.8 Å². The highest BCUT2D eigenvalue weighted by Gasteiger charge is 2.32. The van der Waals surface area contributed by atoms with Gasteiger partial charge in [-0.1, -0.05) is 34.3 Å². The van der Waals surface area contributed by atoms with E-state index in [-0.39, 0.29) is 17.7 Å². The van der Waals surface area contributed by atoms with Crippen molar-refractivity contribution in [2.24, 2.45) is 11.7 Å². The van der Waals surface area contributed by atoms with Crippen LogP contribution < -0.4 is 5.73 Å². The van der Waals surface area contributed by atoms with Crippen molar-refractivity contribution in [2.75, 3.05) is 13.1 Å². The molecule has 1 aliphatic heterocycles. The predicted octanol–water partition coefficient (Wildman–Crippen LogP) is 1.17. The van der Waals surface area contributed by atoms with Gasteiger partial charge in [0.1, 0.15) is 0 Å². The number of likely N-dealkylation sites (tertiary alicyclic amines) is 1. The summed E-state index contributed by atoms with van der Waals surface area (Å²) >= 11 is 0. The van der Waals surface area contributed by atoms with Crippen LogP contribution in [0.2, 0.25) is 0 Å². The Morgan fingerprint density at radius 3 is 1.93 bits per heavy atom. The largest absolute Gasteiger partial charge is 0.369 e. The van der Waals surface area contributed by atoms with E-state index >= 15 is 0 Å². The first-order valence-corrected chi connectivity index (χ1v) is 5.36. The molecule has 1 aliphatic rings. The molecule has 15 heavy (non-hydrogen) atoms. The van der Waals surface area contributed by atoms with Crippen molar-refractivity contribution in [2.45, 2.75) is 27.7 Å². The Balaban J connectivity index is 0. The lowest BCUT2D eigenvalue weighted by Crippen LogP contribution is -2.54. The van der Waals surface area contributed by atoms with Gasteiger partial charge in [0.15, 0.2) is 0 Å². The number of nitrogens with zero attached hydrogens (tertiary/aromatic N) is 1. The van der Waals surface area contributed by atoms with Gasteiger partial charge in [-0.3, -0.25) is 9.59 Å². The van der Waals surface area contributed by atoms with Gasteiger partial charge in [0.2, 0.25) is 11.8 Å². The lowest BCUT2D eigenvalue weighted by Gasteiger charge is -2.36. The Bertz CT molecular complexity index is 209. The molecule has 0 aromatic heterocycles. The highest BCUT2D eigenvalue weighted by Crippen LogP contribution is 2.14. The Labute approximate surface area is 92.1 Å². The van der Waals surface area contributed by atoms with Gasteiger partial charge >= 0.3 is 0 Å². The van der Waals surface area contributed by atoms with Gasteiger partial charge in [-0.25, -0.2) is 0 Å². The molecule has 4 nitrogen and oxygen atoms in total. The number of amides is 2. The molecule has 0 aliphatic carbocycles. The number of carbonyl (C=O) groups is 2. The molecule has 2 N–H and O–H groups in total. The summed E-state index contributed by atoms with van der Waals surface area (Å²) in [5.41, 5.74) is 5.00. The minimum absolute atomic E-state index is 0.137. The van der Waals surface area contributed by atoms with Crippen molar-refractivity contribution in [1.82, 2.24) is 4.90 Å². The molecule has 0 atom stereocenters. The Morgan fingerprint density at radius 1 is 1.27 bits per heavy atom. The Hall–Kier alpha value is -1.32. The molecule has 2 amide bonds. The summed E-state index contributed by atoms with van der Waals surface area (Å²) in [4.78, 5) is 22.8. The summed E-state index contributed by atoms with van der Waals surface area (Å²) in [6.45, 7) is 12.2. The molecule has 1 fully saturated rings. The molecule has 1 heterocycles. The van der Waals surface area contributed by atoms with Crippen LogP contribution in [0.15, 0.2) is 12.7 Å². The molecule has 0 saturated carbocycles. The third kappa shape index (κ3) is 5.20. The van der Waals surface area contributed by atoms with E-state index < -0.39 is 0 Å². The number of rotatable bonds is 2. The maximum absolute atomic E-state index is 10.8. The number of primary amides is 1. The lowest BCUT2D eigenvalue weighted by molar-refractivity contribution is -0.137. The molecule has 0 unspecified atom stereocenters. The van der Waals surface area contributed by atoms with E-state index in [0.717, 1.165) is 0 Å². The van der Waals surface area contributed by atoms with Crippen LogP contribution in [-0.2, 0) is 9.59 Å². The average Bonchev–Trinajstić information content (AvgIpc) is 2.21. The molecule has 1 saturated heterocycles. The minimum Gasteiger partial charge on any atom is -0.369 e. The van der Waals surface area contributed by atoms with Crippen molar-refractivity contribution >= 4 is 11.8 Å². The average molecular weight is 214 g/mol. The highest BCUT2D eigenvalue weighted by atomic mass is 16.2. The number of carbonyl (C=O) groups excluding carboxylic acids is 2. The molecule has 0 radical (unpaired) electrons. The highest BCUT2D eigenvalue weighted by molar-refractivity contribution is 5.89. The van der Waals surface area contributed by atoms with Crippen molar-refractivity contribution < 1.29 is 9.59 Å². The number of hydrogen-bond donors (Lipinski definition) is 1. The van der Waals surface area contributed by atoms with Crippen molar-refractivity contribution in [1.29, 1.82) is 0 Å². The topological polar surface area (TPSA) is 63.4 Å². The third-order valence-corrected chi connectivity index (χ3v) is 1.77. The molecule has 1 rings (SSSR count). The van der Waals surface area contributed by atoms with Gasteiger partial charge in [0, 0.05) is 13.1 Å². The molecule has 0 spiro atoms. The van der Waals surface area contributed by atoms with E-state index in [4.69, 9.17) is 5.73 Å². The standard InChI is InChI=1S/C7H10N2O2.2C2H6/c1-2-6(10)9-3-5(4-9)7(8)11;2*1-2/h2,5H,1,3-4H2,(H2,8,11);2*1-2H3. The van der Waals surface area contributed by atoms with E-state index in [0.29, 0.717) is 13.1 Å². The van der Waals surface area contributed by atoms with Gasteiger partial charge in [-0.15, -0.1) is 0 Å². The van der Waals surface area contributed by atoms with Crippen LogP contribution >= 0.6 is 0 Å². The summed E-state index contributed by atoms with van der Waals surface area (Å²) in [7, 11) is 0. The Kier molecular flexibility index (Phi) is 9.94. The van der Waals surface area contributed by atoms with Crippen LogP contribution in [0.25, 0.3) is 0 Å². The SMILES string of the molecule is C=CC(=O)N1CC(C(N)=O)C1.CC.CC. The first-order valence-electron chi connectivity index (χ1n) is 5.36. The van der Waals surface area contributed by atoms with E-state index in [1.165, 1.54) is 11.0 Å². The fourth-order valence-corrected chi connectivity index (χ4v) is 0.968. The fourth-order valence-electron chi connectivity index (χ4n) is 0.968. The van der Waals surface area contributed by atoms with Gasteiger partial charge < -0.3 is 10.6 Å². The van der Waals surface area contributed by atoms with Crippen LogP contribution in [0, 0.1) is 5.92 Å². The summed E-state index contributed by atoms with van der Waals surface area (Å²) in [6, 6.07) is 0. The van der Waals surface area contributed by atoms with Crippen LogP contribution in [0.5, 0.6) is 0 Å². The second kappa shape index (κ2) is 9.24. The normalized spacial score (nSPS) is 13.5.